The number of nitrogens with one attached hydrogen (secondary N) is 1. The van der Waals surface area contributed by atoms with Crippen LogP contribution < -0.4 is 5.32 Å². The third-order valence-corrected chi connectivity index (χ3v) is 2.37. The summed E-state index contributed by atoms with van der Waals surface area (Å²) in [4.78, 5) is 0. The number of rotatable bonds is 2. The van der Waals surface area contributed by atoms with Gasteiger partial charge in [-0.3, -0.25) is 0 Å². The van der Waals surface area contributed by atoms with Gasteiger partial charge in [0.25, 0.3) is 0 Å². The van der Waals surface area contributed by atoms with Crippen LogP contribution in [0.25, 0.3) is 0 Å². The van der Waals surface area contributed by atoms with Crippen molar-refractivity contribution in [1.29, 1.82) is 0 Å². The highest BCUT2D eigenvalue weighted by atomic mass is 16.5. The fourth-order valence-corrected chi connectivity index (χ4v) is 1.47. The molecule has 0 saturated carbocycles. The molecule has 0 aromatic carbocycles. The van der Waals surface area contributed by atoms with Gasteiger partial charge in [-0.15, -0.1) is 0 Å². The molecule has 1 aliphatic heterocycles. The van der Waals surface area contributed by atoms with Crippen molar-refractivity contribution in [2.75, 3.05) is 20.2 Å². The molecule has 0 bridgehead atoms. The number of hydrogen-bond donors (Lipinski definition) is 1. The number of piperidine rings is 1. The van der Waals surface area contributed by atoms with Crippen LogP contribution in [0.2, 0.25) is 0 Å². The van der Waals surface area contributed by atoms with Crippen LogP contribution in [0.3, 0.4) is 0 Å². The van der Waals surface area contributed by atoms with Crippen molar-refractivity contribution in [2.45, 2.75) is 25.9 Å². The predicted octanol–water partition coefficient (Wildman–Crippen LogP) is 1.02. The zero-order chi connectivity index (χ0) is 7.40. The van der Waals surface area contributed by atoms with Crippen LogP contribution in [-0.2, 0) is 4.74 Å². The molecule has 0 unspecified atom stereocenters. The third-order valence-electron chi connectivity index (χ3n) is 2.37. The van der Waals surface area contributed by atoms with Crippen molar-refractivity contribution in [3.8, 4) is 0 Å². The van der Waals surface area contributed by atoms with E-state index in [1.165, 1.54) is 19.4 Å². The van der Waals surface area contributed by atoms with Gasteiger partial charge in [0.05, 0.1) is 6.10 Å². The molecule has 1 saturated heterocycles. The van der Waals surface area contributed by atoms with E-state index < -0.39 is 0 Å². The summed E-state index contributed by atoms with van der Waals surface area (Å²) in [5.41, 5.74) is 0. The molecule has 10 heavy (non-hydrogen) atoms. The molecule has 60 valence electrons. The van der Waals surface area contributed by atoms with Gasteiger partial charge < -0.3 is 10.1 Å². The summed E-state index contributed by atoms with van der Waals surface area (Å²) in [6, 6.07) is 0. The van der Waals surface area contributed by atoms with Crippen LogP contribution in [-0.4, -0.2) is 26.3 Å². The van der Waals surface area contributed by atoms with Gasteiger partial charge in [0.15, 0.2) is 0 Å². The Morgan fingerprint density at radius 3 is 2.90 bits per heavy atom. The van der Waals surface area contributed by atoms with Crippen LogP contribution in [0.15, 0.2) is 0 Å². The number of ether oxygens (including phenoxy) is 1. The van der Waals surface area contributed by atoms with E-state index in [1.807, 2.05) is 0 Å². The van der Waals surface area contributed by atoms with Crippen LogP contribution in [0.4, 0.5) is 0 Å². The smallest absolute Gasteiger partial charge is 0.0583 e. The normalized spacial score (nSPS) is 30.0. The molecule has 0 amide bonds. The minimum absolute atomic E-state index is 0.424. The molecule has 0 aromatic rings. The lowest BCUT2D eigenvalue weighted by Gasteiger charge is -2.27. The Balaban J connectivity index is 2.24. The lowest BCUT2D eigenvalue weighted by atomic mass is 9.95. The number of methoxy groups -OCH3 is 1. The van der Waals surface area contributed by atoms with Gasteiger partial charge in [0, 0.05) is 13.7 Å². The maximum absolute atomic E-state index is 5.25. The Bertz CT molecular complexity index is 89.3. The van der Waals surface area contributed by atoms with Gasteiger partial charge in [-0.25, -0.2) is 0 Å². The van der Waals surface area contributed by atoms with Gasteiger partial charge in [-0.2, -0.15) is 0 Å². The second kappa shape index (κ2) is 3.94. The molecule has 1 heterocycles. The highest BCUT2D eigenvalue weighted by molar-refractivity contribution is 4.73. The van der Waals surface area contributed by atoms with E-state index in [-0.39, 0.29) is 0 Å². The zero-order valence-electron chi connectivity index (χ0n) is 6.89. The second-order valence-corrected chi connectivity index (χ2v) is 3.05. The monoisotopic (exact) mass is 143 g/mol. The maximum atomic E-state index is 5.25. The van der Waals surface area contributed by atoms with Crippen LogP contribution in [0.5, 0.6) is 0 Å². The Morgan fingerprint density at radius 2 is 2.40 bits per heavy atom. The molecule has 1 aliphatic rings. The summed E-state index contributed by atoms with van der Waals surface area (Å²) < 4.78 is 5.25. The first kappa shape index (κ1) is 8.02. The molecule has 1 N–H and O–H groups in total. The molecule has 0 spiro atoms. The van der Waals surface area contributed by atoms with Gasteiger partial charge in [0.1, 0.15) is 0 Å². The van der Waals surface area contributed by atoms with Crippen LogP contribution in [0, 0.1) is 5.92 Å². The highest BCUT2D eigenvalue weighted by Gasteiger charge is 2.18. The molecule has 2 atom stereocenters. The van der Waals surface area contributed by atoms with Gasteiger partial charge in [0.2, 0.25) is 0 Å². The van der Waals surface area contributed by atoms with E-state index in [9.17, 15) is 0 Å². The molecule has 0 radical (unpaired) electrons. The lowest BCUT2D eigenvalue weighted by molar-refractivity contribution is 0.0562. The Kier molecular flexibility index (Phi) is 3.16. The lowest BCUT2D eigenvalue weighted by Crippen LogP contribution is -2.36. The van der Waals surface area contributed by atoms with E-state index in [4.69, 9.17) is 4.74 Å². The summed E-state index contributed by atoms with van der Waals surface area (Å²) in [6.45, 7) is 4.47. The molecular weight excluding hydrogens is 126 g/mol. The molecular formula is C8H17NO. The molecule has 1 fully saturated rings. The Hall–Kier alpha value is -0.0800. The largest absolute Gasteiger partial charge is 0.381 e. The highest BCUT2D eigenvalue weighted by Crippen LogP contribution is 2.15. The molecule has 0 aliphatic carbocycles. The quantitative estimate of drug-likeness (QED) is 0.623. The van der Waals surface area contributed by atoms with Crippen molar-refractivity contribution in [2.24, 2.45) is 5.92 Å². The first-order valence-electron chi connectivity index (χ1n) is 4.08. The Labute approximate surface area is 63.0 Å². The fourth-order valence-electron chi connectivity index (χ4n) is 1.47. The summed E-state index contributed by atoms with van der Waals surface area (Å²) >= 11 is 0. The Morgan fingerprint density at radius 1 is 1.60 bits per heavy atom. The zero-order valence-corrected chi connectivity index (χ0v) is 6.89. The van der Waals surface area contributed by atoms with Crippen molar-refractivity contribution >= 4 is 0 Å². The van der Waals surface area contributed by atoms with Crippen molar-refractivity contribution in [3.05, 3.63) is 0 Å². The first-order valence-corrected chi connectivity index (χ1v) is 4.08. The van der Waals surface area contributed by atoms with Crippen molar-refractivity contribution in [3.63, 3.8) is 0 Å². The van der Waals surface area contributed by atoms with E-state index >= 15 is 0 Å². The fraction of sp³-hybridized carbons (Fsp3) is 1.00. The number of hydrogen-bond acceptors (Lipinski definition) is 2. The van der Waals surface area contributed by atoms with Crippen LogP contribution in [0.1, 0.15) is 19.8 Å². The first-order chi connectivity index (χ1) is 4.84. The molecule has 2 nitrogen and oxygen atoms in total. The van der Waals surface area contributed by atoms with Crippen molar-refractivity contribution in [1.82, 2.24) is 5.32 Å². The average Bonchev–Trinajstić information content (AvgIpc) is 2.05. The second-order valence-electron chi connectivity index (χ2n) is 3.05. The maximum Gasteiger partial charge on any atom is 0.0583 e. The molecule has 0 aromatic heterocycles. The molecule has 2 heteroatoms. The predicted molar refractivity (Wildman–Crippen MR) is 42.1 cm³/mol. The summed E-state index contributed by atoms with van der Waals surface area (Å²) in [6.07, 6.45) is 3.05. The minimum atomic E-state index is 0.424. The van der Waals surface area contributed by atoms with Crippen molar-refractivity contribution < 1.29 is 4.74 Å². The van der Waals surface area contributed by atoms with E-state index in [2.05, 4.69) is 12.2 Å². The topological polar surface area (TPSA) is 21.3 Å². The third kappa shape index (κ3) is 1.96. The van der Waals surface area contributed by atoms with Gasteiger partial charge in [-0.05, 0) is 32.2 Å². The van der Waals surface area contributed by atoms with E-state index in [0.717, 1.165) is 12.5 Å². The summed E-state index contributed by atoms with van der Waals surface area (Å²) in [5.74, 6) is 0.735. The van der Waals surface area contributed by atoms with Gasteiger partial charge in [-0.1, -0.05) is 0 Å². The van der Waals surface area contributed by atoms with Crippen LogP contribution >= 0.6 is 0 Å². The van der Waals surface area contributed by atoms with Gasteiger partial charge >= 0.3 is 0 Å². The van der Waals surface area contributed by atoms with E-state index in [1.54, 1.807) is 7.11 Å². The summed E-state index contributed by atoms with van der Waals surface area (Å²) in [5, 5.41) is 3.37. The minimum Gasteiger partial charge on any atom is -0.381 e. The van der Waals surface area contributed by atoms with E-state index in [0.29, 0.717) is 6.10 Å². The average molecular weight is 143 g/mol. The summed E-state index contributed by atoms with van der Waals surface area (Å²) in [7, 11) is 1.79. The molecule has 1 rings (SSSR count). The standard InChI is InChI=1S/C8H17NO/c1-7(10-2)8-4-3-5-9-6-8/h7-9H,3-6H2,1-2H3/t7-,8+/m0/s1. The SMILES string of the molecule is CO[C@@H](C)[C@@H]1CCCNC1.